The second-order valence-corrected chi connectivity index (χ2v) is 6.11. The van der Waals surface area contributed by atoms with Crippen LogP contribution < -0.4 is 5.32 Å². The molecule has 1 aromatic heterocycles. The molecule has 0 saturated heterocycles. The second-order valence-electron chi connectivity index (χ2n) is 6.11. The zero-order valence-electron chi connectivity index (χ0n) is 12.2. The minimum absolute atomic E-state index is 0.629. The van der Waals surface area contributed by atoms with E-state index in [1.807, 2.05) is 0 Å². The number of aromatic nitrogens is 2. The van der Waals surface area contributed by atoms with E-state index in [-0.39, 0.29) is 0 Å². The monoisotopic (exact) mass is 249 g/mol. The lowest BCUT2D eigenvalue weighted by atomic mass is 9.80. The van der Waals surface area contributed by atoms with E-state index < -0.39 is 0 Å². The second kappa shape index (κ2) is 5.77. The number of rotatable bonds is 4. The summed E-state index contributed by atoms with van der Waals surface area (Å²) in [5, 5.41) is 3.46. The van der Waals surface area contributed by atoms with Crippen molar-refractivity contribution in [1.29, 1.82) is 0 Å². The van der Waals surface area contributed by atoms with Crippen LogP contribution in [-0.2, 0) is 0 Å². The van der Waals surface area contributed by atoms with Crippen LogP contribution in [0.25, 0.3) is 0 Å². The molecule has 0 aliphatic heterocycles. The molecule has 102 valence electrons. The van der Waals surface area contributed by atoms with Gasteiger partial charge in [0.2, 0.25) is 5.95 Å². The summed E-state index contributed by atoms with van der Waals surface area (Å²) in [4.78, 5) is 4.63. The Balaban J connectivity index is 2.15. The van der Waals surface area contributed by atoms with Gasteiger partial charge in [-0.2, -0.15) is 0 Å². The summed E-state index contributed by atoms with van der Waals surface area (Å²) in [5.41, 5.74) is 1.12. The number of nitrogens with one attached hydrogen (secondary N) is 1. The molecule has 1 fully saturated rings. The Kier molecular flexibility index (Phi) is 4.31. The number of hydrogen-bond acceptors (Lipinski definition) is 2. The van der Waals surface area contributed by atoms with E-state index >= 15 is 0 Å². The summed E-state index contributed by atoms with van der Waals surface area (Å²) in [6, 6.07) is 0.629. The molecule has 3 nitrogen and oxygen atoms in total. The number of anilines is 1. The average Bonchev–Trinajstić information content (AvgIpc) is 2.66. The fourth-order valence-corrected chi connectivity index (χ4v) is 3.29. The number of hydrogen-bond donors (Lipinski definition) is 1. The molecule has 1 aromatic rings. The van der Waals surface area contributed by atoms with Crippen molar-refractivity contribution in [2.75, 3.05) is 11.9 Å². The van der Waals surface area contributed by atoms with Crippen LogP contribution >= 0.6 is 0 Å². The Morgan fingerprint density at radius 2 is 1.94 bits per heavy atom. The number of aryl methyl sites for hydroxylation is 1. The molecular formula is C15H27N3. The van der Waals surface area contributed by atoms with E-state index in [0.29, 0.717) is 6.04 Å². The molecular weight excluding hydrogens is 222 g/mol. The minimum atomic E-state index is 0.629. The molecule has 1 saturated carbocycles. The van der Waals surface area contributed by atoms with E-state index in [0.717, 1.165) is 36.4 Å². The van der Waals surface area contributed by atoms with Gasteiger partial charge in [0.05, 0.1) is 5.69 Å². The lowest BCUT2D eigenvalue weighted by molar-refractivity contribution is 0.222. The van der Waals surface area contributed by atoms with Gasteiger partial charge >= 0.3 is 0 Å². The number of nitrogens with zero attached hydrogens (tertiary/aromatic N) is 2. The smallest absolute Gasteiger partial charge is 0.203 e. The standard InChI is InChI=1S/C15H27N3/c1-5-6-16-15-17-13(4)10-18(15)14-8-11(2)7-12(3)9-14/h10-12,14H,5-9H2,1-4H3,(H,16,17). The van der Waals surface area contributed by atoms with Crippen LogP contribution in [-0.4, -0.2) is 16.1 Å². The van der Waals surface area contributed by atoms with E-state index in [1.54, 1.807) is 0 Å². The molecule has 0 bridgehead atoms. The van der Waals surface area contributed by atoms with Gasteiger partial charge in [-0.15, -0.1) is 0 Å². The van der Waals surface area contributed by atoms with Crippen molar-refractivity contribution < 1.29 is 0 Å². The van der Waals surface area contributed by atoms with Crippen molar-refractivity contribution in [1.82, 2.24) is 9.55 Å². The van der Waals surface area contributed by atoms with Gasteiger partial charge < -0.3 is 9.88 Å². The molecule has 2 unspecified atom stereocenters. The molecule has 0 radical (unpaired) electrons. The summed E-state index contributed by atoms with van der Waals surface area (Å²) < 4.78 is 2.39. The molecule has 2 rings (SSSR count). The van der Waals surface area contributed by atoms with Crippen LogP contribution in [0.15, 0.2) is 6.20 Å². The highest BCUT2D eigenvalue weighted by molar-refractivity contribution is 5.29. The quantitative estimate of drug-likeness (QED) is 0.873. The van der Waals surface area contributed by atoms with Crippen LogP contribution in [0.5, 0.6) is 0 Å². The van der Waals surface area contributed by atoms with Crippen LogP contribution in [0.1, 0.15) is 58.2 Å². The van der Waals surface area contributed by atoms with Crippen LogP contribution in [0.3, 0.4) is 0 Å². The van der Waals surface area contributed by atoms with Gasteiger partial charge in [0, 0.05) is 18.8 Å². The van der Waals surface area contributed by atoms with Crippen molar-refractivity contribution in [2.45, 2.75) is 59.4 Å². The Morgan fingerprint density at radius 3 is 2.56 bits per heavy atom. The number of imidazole rings is 1. The van der Waals surface area contributed by atoms with Gasteiger partial charge in [-0.3, -0.25) is 0 Å². The maximum atomic E-state index is 4.63. The highest BCUT2D eigenvalue weighted by Gasteiger charge is 2.26. The Labute approximate surface area is 111 Å². The van der Waals surface area contributed by atoms with Crippen molar-refractivity contribution in [3.63, 3.8) is 0 Å². The summed E-state index contributed by atoms with van der Waals surface area (Å²) in [7, 11) is 0. The highest BCUT2D eigenvalue weighted by Crippen LogP contribution is 2.37. The zero-order valence-corrected chi connectivity index (χ0v) is 12.2. The van der Waals surface area contributed by atoms with Crippen molar-refractivity contribution >= 4 is 5.95 Å². The molecule has 1 heterocycles. The predicted molar refractivity (Wildman–Crippen MR) is 77.0 cm³/mol. The zero-order chi connectivity index (χ0) is 13.1. The Morgan fingerprint density at radius 1 is 1.28 bits per heavy atom. The molecule has 0 amide bonds. The molecule has 0 spiro atoms. The maximum Gasteiger partial charge on any atom is 0.203 e. The third kappa shape index (κ3) is 3.06. The van der Waals surface area contributed by atoms with Crippen LogP contribution in [0.4, 0.5) is 5.95 Å². The summed E-state index contributed by atoms with van der Waals surface area (Å²) in [6.07, 6.45) is 7.32. The van der Waals surface area contributed by atoms with E-state index in [9.17, 15) is 0 Å². The largest absolute Gasteiger partial charge is 0.356 e. The van der Waals surface area contributed by atoms with Gasteiger partial charge in [-0.1, -0.05) is 20.8 Å². The molecule has 18 heavy (non-hydrogen) atoms. The predicted octanol–water partition coefficient (Wildman–Crippen LogP) is 4.01. The van der Waals surface area contributed by atoms with Crippen LogP contribution in [0, 0.1) is 18.8 Å². The molecule has 1 aliphatic rings. The summed E-state index contributed by atoms with van der Waals surface area (Å²) in [5.74, 6) is 2.74. The van der Waals surface area contributed by atoms with E-state index in [2.05, 4.69) is 48.8 Å². The first-order chi connectivity index (χ1) is 8.60. The van der Waals surface area contributed by atoms with Gasteiger partial charge in [-0.25, -0.2) is 4.98 Å². The molecule has 2 atom stereocenters. The van der Waals surface area contributed by atoms with Crippen molar-refractivity contribution in [3.8, 4) is 0 Å². The first-order valence-electron chi connectivity index (χ1n) is 7.39. The van der Waals surface area contributed by atoms with Crippen molar-refractivity contribution in [3.05, 3.63) is 11.9 Å². The molecule has 3 heteroatoms. The lowest BCUT2D eigenvalue weighted by Crippen LogP contribution is -2.23. The molecule has 1 N–H and O–H groups in total. The average molecular weight is 249 g/mol. The van der Waals surface area contributed by atoms with E-state index in [4.69, 9.17) is 0 Å². The van der Waals surface area contributed by atoms with Gasteiger partial charge in [0.25, 0.3) is 0 Å². The third-order valence-corrected chi connectivity index (χ3v) is 3.93. The highest BCUT2D eigenvalue weighted by atomic mass is 15.2. The Bertz CT molecular complexity index is 373. The van der Waals surface area contributed by atoms with Gasteiger partial charge in [0.15, 0.2) is 0 Å². The maximum absolute atomic E-state index is 4.63. The minimum Gasteiger partial charge on any atom is -0.356 e. The molecule has 1 aliphatic carbocycles. The summed E-state index contributed by atoms with van der Waals surface area (Å²) >= 11 is 0. The fourth-order valence-electron chi connectivity index (χ4n) is 3.29. The van der Waals surface area contributed by atoms with Gasteiger partial charge in [0.1, 0.15) is 0 Å². The third-order valence-electron chi connectivity index (χ3n) is 3.93. The summed E-state index contributed by atoms with van der Waals surface area (Å²) in [6.45, 7) is 10.0. The van der Waals surface area contributed by atoms with E-state index in [1.165, 1.54) is 19.3 Å². The SMILES string of the molecule is CCCNc1nc(C)cn1C1CC(C)CC(C)C1. The van der Waals surface area contributed by atoms with Gasteiger partial charge in [-0.05, 0) is 44.4 Å². The lowest BCUT2D eigenvalue weighted by Gasteiger charge is -2.33. The topological polar surface area (TPSA) is 29.9 Å². The first-order valence-corrected chi connectivity index (χ1v) is 7.39. The van der Waals surface area contributed by atoms with Crippen molar-refractivity contribution in [2.24, 2.45) is 11.8 Å². The Hall–Kier alpha value is -0.990. The van der Waals surface area contributed by atoms with Crippen LogP contribution in [0.2, 0.25) is 0 Å². The first kappa shape index (κ1) is 13.4. The fraction of sp³-hybridized carbons (Fsp3) is 0.800. The normalized spacial score (nSPS) is 28.3. The molecule has 0 aromatic carbocycles.